The van der Waals surface area contributed by atoms with Crippen LogP contribution >= 0.6 is 11.8 Å². The number of hydrogen-bond acceptors (Lipinski definition) is 6. The van der Waals surface area contributed by atoms with Crippen molar-refractivity contribution in [3.05, 3.63) is 41.7 Å². The predicted octanol–water partition coefficient (Wildman–Crippen LogP) is 1.83. The van der Waals surface area contributed by atoms with E-state index < -0.39 is 11.2 Å². The van der Waals surface area contributed by atoms with E-state index in [0.29, 0.717) is 23.8 Å². The molecule has 7 heteroatoms. The van der Waals surface area contributed by atoms with Gasteiger partial charge in [0.15, 0.2) is 5.16 Å². The zero-order valence-electron chi connectivity index (χ0n) is 14.5. The summed E-state index contributed by atoms with van der Waals surface area (Å²) in [5.74, 6) is -0.306. The van der Waals surface area contributed by atoms with Gasteiger partial charge in [-0.15, -0.1) is 0 Å². The summed E-state index contributed by atoms with van der Waals surface area (Å²) >= 11 is 1.18. The van der Waals surface area contributed by atoms with Crippen LogP contribution < -0.4 is 9.84 Å². The van der Waals surface area contributed by atoms with Gasteiger partial charge < -0.3 is 24.3 Å². The Balaban J connectivity index is 2.19. The maximum atomic E-state index is 11.4. The molecule has 0 saturated carbocycles. The molecule has 0 aliphatic rings. The lowest BCUT2D eigenvalue weighted by molar-refractivity contribution is -0.304. The molecule has 0 aliphatic heterocycles. The number of thioether (sulfide) groups is 1. The molecule has 1 atom stereocenters. The molecule has 0 fully saturated rings. The van der Waals surface area contributed by atoms with E-state index in [-0.39, 0.29) is 6.61 Å². The Morgan fingerprint density at radius 3 is 2.68 bits per heavy atom. The van der Waals surface area contributed by atoms with Crippen molar-refractivity contribution in [3.63, 3.8) is 0 Å². The Morgan fingerprint density at radius 1 is 1.40 bits per heavy atom. The third kappa shape index (κ3) is 5.51. The maximum Gasteiger partial charge on any atom is 0.169 e. The molecule has 0 spiro atoms. The Labute approximate surface area is 151 Å². The fourth-order valence-corrected chi connectivity index (χ4v) is 3.46. The molecular formula is C18H23N2O4S-. The number of carbonyl (C=O) groups is 1. The summed E-state index contributed by atoms with van der Waals surface area (Å²) in [6.45, 7) is 2.37. The molecule has 1 aromatic heterocycles. The number of imidazole rings is 1. The molecule has 1 aromatic carbocycles. The lowest BCUT2D eigenvalue weighted by atomic mass is 10.2. The van der Waals surface area contributed by atoms with Crippen LogP contribution in [0.25, 0.3) is 0 Å². The average Bonchev–Trinajstić information content (AvgIpc) is 3.00. The highest BCUT2D eigenvalue weighted by atomic mass is 32.2. The number of carboxylic acids is 1. The van der Waals surface area contributed by atoms with Crippen molar-refractivity contribution in [1.29, 1.82) is 0 Å². The first-order valence-electron chi connectivity index (χ1n) is 8.24. The zero-order valence-corrected chi connectivity index (χ0v) is 15.3. The second kappa shape index (κ2) is 9.48. The molecule has 1 heterocycles. The van der Waals surface area contributed by atoms with Crippen molar-refractivity contribution in [2.45, 2.75) is 49.7 Å². The van der Waals surface area contributed by atoms with Crippen LogP contribution in [0.5, 0.6) is 5.75 Å². The summed E-state index contributed by atoms with van der Waals surface area (Å²) in [5, 5.41) is 20.7. The summed E-state index contributed by atoms with van der Waals surface area (Å²) in [6, 6.07) is 7.63. The summed E-state index contributed by atoms with van der Waals surface area (Å²) in [7, 11) is 1.61. The number of methoxy groups -OCH3 is 1. The Kier molecular flexibility index (Phi) is 7.33. The van der Waals surface area contributed by atoms with E-state index in [2.05, 4.69) is 4.98 Å². The number of benzene rings is 1. The van der Waals surface area contributed by atoms with Crippen molar-refractivity contribution in [2.75, 3.05) is 7.11 Å². The summed E-state index contributed by atoms with van der Waals surface area (Å²) in [5.41, 5.74) is 1.55. The molecule has 25 heavy (non-hydrogen) atoms. The largest absolute Gasteiger partial charge is 0.549 e. The van der Waals surface area contributed by atoms with Gasteiger partial charge in [-0.1, -0.05) is 43.7 Å². The Bertz CT molecular complexity index is 685. The zero-order chi connectivity index (χ0) is 18.2. The van der Waals surface area contributed by atoms with E-state index in [4.69, 9.17) is 4.74 Å². The number of unbranched alkanes of at least 4 members (excludes halogenated alkanes) is 1. The Hall–Kier alpha value is -1.99. The van der Waals surface area contributed by atoms with E-state index in [1.807, 2.05) is 35.8 Å². The lowest BCUT2D eigenvalue weighted by Gasteiger charge is -2.17. The standard InChI is InChI=1S/C18H24N2O4S/c1-3-4-5-16(17(22)23)25-18-19-14(12-21)11-20(18)10-13-6-8-15(24-2)9-7-13/h6-9,11,16,21H,3-5,10,12H2,1-2H3,(H,22,23)/p-1/t16-/m0/s1. The summed E-state index contributed by atoms with van der Waals surface area (Å²) in [4.78, 5) is 15.7. The third-order valence-corrected chi connectivity index (χ3v) is 5.04. The van der Waals surface area contributed by atoms with E-state index >= 15 is 0 Å². The van der Waals surface area contributed by atoms with E-state index in [9.17, 15) is 15.0 Å². The lowest BCUT2D eigenvalue weighted by Crippen LogP contribution is -2.33. The van der Waals surface area contributed by atoms with Crippen LogP contribution in [0.1, 0.15) is 37.4 Å². The molecule has 2 aromatic rings. The average molecular weight is 363 g/mol. The maximum absolute atomic E-state index is 11.4. The monoisotopic (exact) mass is 363 g/mol. The number of aliphatic hydroxyl groups excluding tert-OH is 1. The van der Waals surface area contributed by atoms with Crippen molar-refractivity contribution in [1.82, 2.24) is 9.55 Å². The van der Waals surface area contributed by atoms with Crippen molar-refractivity contribution < 1.29 is 19.7 Å². The number of hydrogen-bond donors (Lipinski definition) is 1. The second-order valence-corrected chi connectivity index (χ2v) is 6.89. The van der Waals surface area contributed by atoms with Gasteiger partial charge in [0, 0.05) is 12.7 Å². The van der Waals surface area contributed by atoms with E-state index in [1.54, 1.807) is 13.3 Å². The number of aromatic nitrogens is 2. The van der Waals surface area contributed by atoms with Gasteiger partial charge in [0.05, 0.1) is 30.6 Å². The smallest absolute Gasteiger partial charge is 0.169 e. The number of carboxylic acid groups (broad SMARTS) is 1. The van der Waals surface area contributed by atoms with Crippen molar-refractivity contribution >= 4 is 17.7 Å². The molecule has 0 bridgehead atoms. The van der Waals surface area contributed by atoms with Gasteiger partial charge in [0.2, 0.25) is 0 Å². The van der Waals surface area contributed by atoms with Crippen LogP contribution in [-0.4, -0.2) is 33.0 Å². The van der Waals surface area contributed by atoms with Gasteiger partial charge in [-0.3, -0.25) is 0 Å². The van der Waals surface area contributed by atoms with Gasteiger partial charge >= 0.3 is 0 Å². The fraction of sp³-hybridized carbons (Fsp3) is 0.444. The van der Waals surface area contributed by atoms with Crippen molar-refractivity contribution in [3.8, 4) is 5.75 Å². The molecule has 0 radical (unpaired) electrons. The van der Waals surface area contributed by atoms with Crippen LogP contribution in [0.3, 0.4) is 0 Å². The molecular weight excluding hydrogens is 340 g/mol. The van der Waals surface area contributed by atoms with Crippen LogP contribution in [0, 0.1) is 0 Å². The molecule has 1 N–H and O–H groups in total. The number of aliphatic hydroxyl groups is 1. The van der Waals surface area contributed by atoms with Crippen LogP contribution in [0.4, 0.5) is 0 Å². The quantitative estimate of drug-likeness (QED) is 0.648. The van der Waals surface area contributed by atoms with E-state index in [1.165, 1.54) is 11.8 Å². The number of nitrogens with zero attached hydrogens (tertiary/aromatic N) is 2. The van der Waals surface area contributed by atoms with Crippen LogP contribution in [0.2, 0.25) is 0 Å². The first kappa shape index (κ1) is 19.3. The van der Waals surface area contributed by atoms with Crippen LogP contribution in [-0.2, 0) is 17.9 Å². The predicted molar refractivity (Wildman–Crippen MR) is 94.4 cm³/mol. The fourth-order valence-electron chi connectivity index (χ4n) is 2.40. The minimum atomic E-state index is -1.08. The number of rotatable bonds is 10. The highest BCUT2D eigenvalue weighted by Crippen LogP contribution is 2.27. The minimum absolute atomic E-state index is 0.186. The number of carbonyl (C=O) groups excluding carboxylic acids is 1. The van der Waals surface area contributed by atoms with Gasteiger partial charge in [0.25, 0.3) is 0 Å². The van der Waals surface area contributed by atoms with Gasteiger partial charge in [-0.2, -0.15) is 0 Å². The first-order chi connectivity index (χ1) is 12.1. The molecule has 136 valence electrons. The van der Waals surface area contributed by atoms with Crippen molar-refractivity contribution in [2.24, 2.45) is 0 Å². The first-order valence-corrected chi connectivity index (χ1v) is 9.12. The molecule has 0 amide bonds. The normalized spacial score (nSPS) is 12.1. The second-order valence-electron chi connectivity index (χ2n) is 5.72. The minimum Gasteiger partial charge on any atom is -0.549 e. The molecule has 0 aliphatic carbocycles. The Morgan fingerprint density at radius 2 is 2.12 bits per heavy atom. The number of ether oxygens (including phenoxy) is 1. The van der Waals surface area contributed by atoms with Gasteiger partial charge in [-0.05, 0) is 24.1 Å². The van der Waals surface area contributed by atoms with Gasteiger partial charge in [-0.25, -0.2) is 4.98 Å². The highest BCUT2D eigenvalue weighted by Gasteiger charge is 2.17. The van der Waals surface area contributed by atoms with Gasteiger partial charge in [0.1, 0.15) is 5.75 Å². The topological polar surface area (TPSA) is 87.4 Å². The number of aliphatic carboxylic acids is 1. The molecule has 6 nitrogen and oxygen atoms in total. The molecule has 2 rings (SSSR count). The summed E-state index contributed by atoms with van der Waals surface area (Å²) < 4.78 is 7.01. The molecule has 0 saturated heterocycles. The van der Waals surface area contributed by atoms with Crippen LogP contribution in [0.15, 0.2) is 35.6 Å². The third-order valence-electron chi connectivity index (χ3n) is 3.79. The summed E-state index contributed by atoms with van der Waals surface area (Å²) in [6.07, 6.45) is 4.02. The molecule has 0 unspecified atom stereocenters. The highest BCUT2D eigenvalue weighted by molar-refractivity contribution is 8.00. The SMILES string of the molecule is CCCC[C@H](Sc1nc(CO)cn1Cc1ccc(OC)cc1)C(=O)[O-]. The van der Waals surface area contributed by atoms with E-state index in [0.717, 1.165) is 24.2 Å².